The molecule has 0 bridgehead atoms. The van der Waals surface area contributed by atoms with Gasteiger partial charge in [-0.3, -0.25) is 4.79 Å². The number of hydrogen-bond acceptors (Lipinski definition) is 6. The smallest absolute Gasteiger partial charge is 0.257 e. The summed E-state index contributed by atoms with van der Waals surface area (Å²) in [5, 5.41) is 0. The summed E-state index contributed by atoms with van der Waals surface area (Å²) in [7, 11) is 3.96. The molecule has 1 saturated heterocycles. The lowest BCUT2D eigenvalue weighted by atomic mass is 10.1. The van der Waals surface area contributed by atoms with Gasteiger partial charge in [0.2, 0.25) is 0 Å². The van der Waals surface area contributed by atoms with Gasteiger partial charge in [0.15, 0.2) is 0 Å². The van der Waals surface area contributed by atoms with Crippen molar-refractivity contribution in [1.82, 2.24) is 19.9 Å². The van der Waals surface area contributed by atoms with Crippen molar-refractivity contribution in [3.8, 4) is 0 Å². The number of amides is 1. The number of anilines is 1. The summed E-state index contributed by atoms with van der Waals surface area (Å²) in [5.41, 5.74) is 1.75. The first-order valence-corrected chi connectivity index (χ1v) is 8.41. The monoisotopic (exact) mass is 341 g/mol. The second-order valence-electron chi connectivity index (χ2n) is 6.33. The molecule has 2 aromatic heterocycles. The van der Waals surface area contributed by atoms with Gasteiger partial charge < -0.3 is 14.5 Å². The summed E-state index contributed by atoms with van der Waals surface area (Å²) in [5.74, 6) is 0.913. The van der Waals surface area contributed by atoms with Crippen LogP contribution >= 0.6 is 0 Å². The Morgan fingerprint density at radius 1 is 1.36 bits per heavy atom. The summed E-state index contributed by atoms with van der Waals surface area (Å²) < 4.78 is 5.84. The van der Waals surface area contributed by atoms with E-state index in [2.05, 4.69) is 21.0 Å². The molecule has 0 aliphatic carbocycles. The predicted octanol–water partition coefficient (Wildman–Crippen LogP) is 1.41. The first kappa shape index (κ1) is 17.3. The summed E-state index contributed by atoms with van der Waals surface area (Å²) >= 11 is 0. The van der Waals surface area contributed by atoms with Crippen molar-refractivity contribution in [3.05, 3.63) is 48.2 Å². The van der Waals surface area contributed by atoms with Crippen molar-refractivity contribution in [2.24, 2.45) is 0 Å². The van der Waals surface area contributed by atoms with Gasteiger partial charge in [-0.15, -0.1) is 0 Å². The molecule has 0 saturated carbocycles. The molecule has 25 heavy (non-hydrogen) atoms. The Balaban J connectivity index is 1.57. The highest BCUT2D eigenvalue weighted by Crippen LogP contribution is 2.16. The predicted molar refractivity (Wildman–Crippen MR) is 94.6 cm³/mol. The normalized spacial score (nSPS) is 17.4. The maximum atomic E-state index is 12.5. The summed E-state index contributed by atoms with van der Waals surface area (Å²) in [6.07, 6.45) is 8.17. The highest BCUT2D eigenvalue weighted by atomic mass is 16.5. The molecule has 132 valence electrons. The van der Waals surface area contributed by atoms with Crippen molar-refractivity contribution in [3.63, 3.8) is 0 Å². The van der Waals surface area contributed by atoms with Crippen LogP contribution < -0.4 is 4.90 Å². The van der Waals surface area contributed by atoms with Crippen molar-refractivity contribution < 1.29 is 9.53 Å². The first-order valence-electron chi connectivity index (χ1n) is 8.41. The number of morpholine rings is 1. The molecule has 1 amide bonds. The number of carbonyl (C=O) groups excluding carboxylic acids is 1. The van der Waals surface area contributed by atoms with E-state index in [1.807, 2.05) is 36.2 Å². The van der Waals surface area contributed by atoms with Crippen molar-refractivity contribution in [2.45, 2.75) is 18.9 Å². The Morgan fingerprint density at radius 2 is 2.16 bits per heavy atom. The van der Waals surface area contributed by atoms with E-state index in [-0.39, 0.29) is 12.0 Å². The van der Waals surface area contributed by atoms with Gasteiger partial charge in [0.1, 0.15) is 12.1 Å². The highest BCUT2D eigenvalue weighted by molar-refractivity contribution is 5.93. The van der Waals surface area contributed by atoms with Gasteiger partial charge in [0, 0.05) is 45.8 Å². The molecule has 1 fully saturated rings. The Hall–Kier alpha value is -2.54. The van der Waals surface area contributed by atoms with Crippen molar-refractivity contribution >= 4 is 11.7 Å². The molecule has 0 aromatic carbocycles. The maximum Gasteiger partial charge on any atom is 0.257 e. The lowest BCUT2D eigenvalue weighted by Gasteiger charge is -2.33. The third-order valence-corrected chi connectivity index (χ3v) is 4.26. The molecule has 3 rings (SSSR count). The van der Waals surface area contributed by atoms with Crippen LogP contribution in [0.25, 0.3) is 0 Å². The van der Waals surface area contributed by atoms with E-state index < -0.39 is 0 Å². The number of ether oxygens (including phenoxy) is 1. The van der Waals surface area contributed by atoms with Gasteiger partial charge in [-0.2, -0.15) is 0 Å². The van der Waals surface area contributed by atoms with Crippen LogP contribution in [0.2, 0.25) is 0 Å². The van der Waals surface area contributed by atoms with E-state index >= 15 is 0 Å². The van der Waals surface area contributed by atoms with Crippen LogP contribution in [-0.4, -0.2) is 65.7 Å². The Kier molecular flexibility index (Phi) is 5.55. The topological polar surface area (TPSA) is 71.5 Å². The molecule has 0 spiro atoms. The van der Waals surface area contributed by atoms with Crippen molar-refractivity contribution in [1.29, 1.82) is 0 Å². The van der Waals surface area contributed by atoms with Crippen LogP contribution in [0.1, 0.15) is 22.3 Å². The third-order valence-electron chi connectivity index (χ3n) is 4.26. The van der Waals surface area contributed by atoms with Gasteiger partial charge in [0.05, 0.1) is 18.3 Å². The molecule has 0 radical (unpaired) electrons. The molecule has 1 atom stereocenters. The van der Waals surface area contributed by atoms with E-state index in [1.165, 1.54) is 11.9 Å². The van der Waals surface area contributed by atoms with Crippen LogP contribution in [0.3, 0.4) is 0 Å². The van der Waals surface area contributed by atoms with Gasteiger partial charge in [-0.05, 0) is 30.5 Å². The van der Waals surface area contributed by atoms with Crippen molar-refractivity contribution in [2.75, 3.05) is 38.7 Å². The fourth-order valence-electron chi connectivity index (χ4n) is 2.86. The summed E-state index contributed by atoms with van der Waals surface area (Å²) in [4.78, 5) is 28.5. The minimum Gasteiger partial charge on any atom is -0.375 e. The molecule has 0 N–H and O–H groups in total. The zero-order chi connectivity index (χ0) is 17.6. The number of aromatic nitrogens is 3. The second kappa shape index (κ2) is 8.02. The first-order chi connectivity index (χ1) is 12.1. The molecular weight excluding hydrogens is 318 g/mol. The lowest BCUT2D eigenvalue weighted by molar-refractivity contribution is -0.0246. The zero-order valence-electron chi connectivity index (χ0n) is 14.6. The molecular formula is C18H23N5O2. The Morgan fingerprint density at radius 3 is 2.92 bits per heavy atom. The van der Waals surface area contributed by atoms with Crippen LogP contribution in [0, 0.1) is 0 Å². The SMILES string of the molecule is CN(C)c1cc(CC[C@H]2CN(C(=O)c3cncnc3)CCO2)ccn1. The lowest BCUT2D eigenvalue weighted by Crippen LogP contribution is -2.45. The van der Waals surface area contributed by atoms with E-state index in [9.17, 15) is 4.79 Å². The third kappa shape index (κ3) is 4.51. The molecule has 1 aliphatic heterocycles. The summed E-state index contributed by atoms with van der Waals surface area (Å²) in [6, 6.07) is 4.12. The average Bonchev–Trinajstić information content (AvgIpc) is 2.67. The molecule has 7 nitrogen and oxygen atoms in total. The molecule has 2 aromatic rings. The molecule has 3 heterocycles. The fraction of sp³-hybridized carbons (Fsp3) is 0.444. The molecule has 0 unspecified atom stereocenters. The minimum absolute atomic E-state index is 0.0345. The maximum absolute atomic E-state index is 12.5. The number of aryl methyl sites for hydroxylation is 1. The van der Waals surface area contributed by atoms with E-state index in [0.29, 0.717) is 25.3 Å². The largest absolute Gasteiger partial charge is 0.375 e. The second-order valence-corrected chi connectivity index (χ2v) is 6.33. The fourth-order valence-corrected chi connectivity index (χ4v) is 2.86. The van der Waals surface area contributed by atoms with Gasteiger partial charge in [-0.25, -0.2) is 15.0 Å². The number of rotatable bonds is 5. The molecule has 1 aliphatic rings. The quantitative estimate of drug-likeness (QED) is 0.819. The number of hydrogen-bond donors (Lipinski definition) is 0. The van der Waals surface area contributed by atoms with Gasteiger partial charge in [0.25, 0.3) is 5.91 Å². The van der Waals surface area contributed by atoms with Gasteiger partial charge in [-0.1, -0.05) is 0 Å². The highest BCUT2D eigenvalue weighted by Gasteiger charge is 2.25. The van der Waals surface area contributed by atoms with E-state index in [1.54, 1.807) is 12.4 Å². The molecule has 7 heteroatoms. The van der Waals surface area contributed by atoms with E-state index in [0.717, 1.165) is 18.7 Å². The Labute approximate surface area is 147 Å². The number of carbonyl (C=O) groups is 1. The number of pyridine rings is 1. The van der Waals surface area contributed by atoms with Gasteiger partial charge >= 0.3 is 0 Å². The average molecular weight is 341 g/mol. The van der Waals surface area contributed by atoms with Crippen LogP contribution in [-0.2, 0) is 11.2 Å². The van der Waals surface area contributed by atoms with E-state index in [4.69, 9.17) is 4.74 Å². The Bertz CT molecular complexity index is 708. The summed E-state index contributed by atoms with van der Waals surface area (Å²) in [6.45, 7) is 1.76. The number of nitrogens with zero attached hydrogens (tertiary/aromatic N) is 5. The zero-order valence-corrected chi connectivity index (χ0v) is 14.6. The minimum atomic E-state index is -0.0345. The van der Waals surface area contributed by atoms with Crippen LogP contribution in [0.5, 0.6) is 0 Å². The van der Waals surface area contributed by atoms with Crippen LogP contribution in [0.15, 0.2) is 37.1 Å². The van der Waals surface area contributed by atoms with Crippen LogP contribution in [0.4, 0.5) is 5.82 Å². The standard InChI is InChI=1S/C18H23N5O2/c1-22(2)17-9-14(5-6-21-17)3-4-16-12-23(7-8-25-16)18(24)15-10-19-13-20-11-15/h5-6,9-11,13,16H,3-4,7-8,12H2,1-2H3/t16-/m0/s1.